The molecule has 26 heavy (non-hydrogen) atoms. The van der Waals surface area contributed by atoms with Gasteiger partial charge >= 0.3 is 0 Å². The number of hydrogen-bond acceptors (Lipinski definition) is 3. The van der Waals surface area contributed by atoms with Crippen LogP contribution in [0.4, 0.5) is 4.39 Å². The lowest BCUT2D eigenvalue weighted by Gasteiger charge is -1.96. The first kappa shape index (κ1) is 15.6. The molecule has 2 aromatic heterocycles. The van der Waals surface area contributed by atoms with E-state index >= 15 is 0 Å². The molecule has 0 saturated heterocycles. The molecule has 0 spiro atoms. The number of rotatable bonds is 3. The number of hydrogen-bond donors (Lipinski definition) is 1. The molecule has 0 fully saturated rings. The Balaban J connectivity index is 1.86. The molecule has 0 amide bonds. The number of halogens is 1. The molecule has 0 unspecified atom stereocenters. The first-order chi connectivity index (χ1) is 12.7. The smallest absolute Gasteiger partial charge is 0.149 e. The zero-order valence-electron chi connectivity index (χ0n) is 13.6. The summed E-state index contributed by atoms with van der Waals surface area (Å²) in [5, 5.41) is 19.5. The fraction of sp³-hybridized carbons (Fsp3) is 0.0500. The van der Waals surface area contributed by atoms with Gasteiger partial charge in [-0.25, -0.2) is 9.37 Å². The van der Waals surface area contributed by atoms with Gasteiger partial charge in [0.2, 0.25) is 0 Å². The van der Waals surface area contributed by atoms with Crippen molar-refractivity contribution in [2.45, 2.75) is 6.54 Å². The van der Waals surface area contributed by atoms with E-state index < -0.39 is 0 Å². The maximum Gasteiger partial charge on any atom is 0.149 e. The maximum atomic E-state index is 13.4. The highest BCUT2D eigenvalue weighted by Crippen LogP contribution is 2.26. The molecule has 2 aromatic carbocycles. The minimum atomic E-state index is -0.366. The van der Waals surface area contributed by atoms with Crippen molar-refractivity contribution in [3.8, 4) is 12.1 Å². The van der Waals surface area contributed by atoms with Crippen molar-refractivity contribution in [3.63, 3.8) is 0 Å². The van der Waals surface area contributed by atoms with E-state index in [2.05, 4.69) is 22.1 Å². The van der Waals surface area contributed by atoms with Gasteiger partial charge in [-0.2, -0.15) is 10.5 Å². The summed E-state index contributed by atoms with van der Waals surface area (Å²) in [5.41, 5.74) is 3.20. The molecule has 0 atom stereocenters. The molecule has 4 aromatic rings. The summed E-state index contributed by atoms with van der Waals surface area (Å²) >= 11 is 0. The number of fused-ring (bicyclic) bond motifs is 2. The highest BCUT2D eigenvalue weighted by Gasteiger charge is 2.11. The summed E-state index contributed by atoms with van der Waals surface area (Å²) in [6, 6.07) is 16.2. The van der Waals surface area contributed by atoms with E-state index in [1.54, 1.807) is 12.1 Å². The standard InChI is InChI=1S/C20H12FN5/c21-15-5-6-17-18(10-15)25-20(24-17)13(11-23)9-14-12-26(8-7-22)19-4-2-1-3-16(14)19/h1-6,9-10,12H,8H2,(H,24,25)/b13-9-. The molecule has 5 nitrogen and oxygen atoms in total. The summed E-state index contributed by atoms with van der Waals surface area (Å²) in [6.45, 7) is 0.222. The SMILES string of the molecule is N#CCn1cc(/C=C(/C#N)c2nc3ccc(F)cc3[nH]2)c2ccccc21. The predicted molar refractivity (Wildman–Crippen MR) is 97.1 cm³/mol. The Bertz CT molecular complexity index is 1250. The van der Waals surface area contributed by atoms with Crippen molar-refractivity contribution in [1.29, 1.82) is 10.5 Å². The second-order valence-electron chi connectivity index (χ2n) is 5.80. The highest BCUT2D eigenvalue weighted by molar-refractivity contribution is 5.98. The number of nitriles is 2. The third-order valence-electron chi connectivity index (χ3n) is 4.18. The van der Waals surface area contributed by atoms with Crippen LogP contribution >= 0.6 is 0 Å². The first-order valence-corrected chi connectivity index (χ1v) is 7.92. The van der Waals surface area contributed by atoms with Crippen LogP contribution in [0.25, 0.3) is 33.6 Å². The van der Waals surface area contributed by atoms with Crippen LogP contribution in [0.15, 0.2) is 48.7 Å². The van der Waals surface area contributed by atoms with E-state index in [1.807, 2.05) is 35.0 Å². The number of H-pyrrole nitrogens is 1. The molecule has 2 heterocycles. The Kier molecular flexibility index (Phi) is 3.72. The number of nitrogens with zero attached hydrogens (tertiary/aromatic N) is 4. The van der Waals surface area contributed by atoms with E-state index in [0.717, 1.165) is 16.5 Å². The summed E-state index contributed by atoms with van der Waals surface area (Å²) in [5.74, 6) is 0.0139. The third-order valence-corrected chi connectivity index (χ3v) is 4.18. The Hall–Kier alpha value is -3.90. The second-order valence-corrected chi connectivity index (χ2v) is 5.80. The van der Waals surface area contributed by atoms with Gasteiger partial charge in [0.05, 0.1) is 22.7 Å². The molecule has 0 saturated carbocycles. The summed E-state index contributed by atoms with van der Waals surface area (Å²) in [6.07, 6.45) is 3.57. The van der Waals surface area contributed by atoms with Gasteiger partial charge in [0, 0.05) is 22.7 Å². The van der Waals surface area contributed by atoms with Gasteiger partial charge in [-0.1, -0.05) is 18.2 Å². The van der Waals surface area contributed by atoms with Crippen LogP contribution < -0.4 is 0 Å². The Labute approximate surface area is 148 Å². The van der Waals surface area contributed by atoms with Gasteiger partial charge < -0.3 is 9.55 Å². The Morgan fingerprint density at radius 1 is 1.23 bits per heavy atom. The number of aromatic amines is 1. The van der Waals surface area contributed by atoms with Crippen LogP contribution in [0.1, 0.15) is 11.4 Å². The van der Waals surface area contributed by atoms with Crippen LogP contribution in [-0.4, -0.2) is 14.5 Å². The first-order valence-electron chi connectivity index (χ1n) is 7.92. The summed E-state index contributed by atoms with van der Waals surface area (Å²) in [4.78, 5) is 7.36. The van der Waals surface area contributed by atoms with Crippen LogP contribution in [-0.2, 0) is 6.54 Å². The number of nitrogens with one attached hydrogen (secondary N) is 1. The van der Waals surface area contributed by atoms with Crippen LogP contribution in [0, 0.1) is 28.5 Å². The van der Waals surface area contributed by atoms with Crippen LogP contribution in [0.3, 0.4) is 0 Å². The van der Waals surface area contributed by atoms with Gasteiger partial charge in [0.1, 0.15) is 24.3 Å². The monoisotopic (exact) mass is 341 g/mol. The number of aromatic nitrogens is 3. The number of benzene rings is 2. The molecule has 1 N–H and O–H groups in total. The van der Waals surface area contributed by atoms with Crippen molar-refractivity contribution in [3.05, 3.63) is 65.9 Å². The van der Waals surface area contributed by atoms with E-state index in [-0.39, 0.29) is 12.4 Å². The fourth-order valence-corrected chi connectivity index (χ4v) is 3.02. The van der Waals surface area contributed by atoms with Crippen molar-refractivity contribution < 1.29 is 4.39 Å². The zero-order valence-corrected chi connectivity index (χ0v) is 13.6. The quantitative estimate of drug-likeness (QED) is 0.566. The molecule has 0 bridgehead atoms. The molecule has 0 aliphatic heterocycles. The molecular weight excluding hydrogens is 329 g/mol. The number of imidazole rings is 1. The zero-order chi connectivity index (χ0) is 18.1. The van der Waals surface area contributed by atoms with Crippen molar-refractivity contribution in [1.82, 2.24) is 14.5 Å². The van der Waals surface area contributed by atoms with Crippen LogP contribution in [0.2, 0.25) is 0 Å². The number of para-hydroxylation sites is 1. The van der Waals surface area contributed by atoms with Gasteiger partial charge in [-0.05, 0) is 30.3 Å². The lowest BCUT2D eigenvalue weighted by molar-refractivity contribution is 0.629. The highest BCUT2D eigenvalue weighted by atomic mass is 19.1. The maximum absolute atomic E-state index is 13.4. The van der Waals surface area contributed by atoms with Crippen molar-refractivity contribution >= 4 is 33.6 Å². The fourth-order valence-electron chi connectivity index (χ4n) is 3.02. The van der Waals surface area contributed by atoms with Gasteiger partial charge in [0.25, 0.3) is 0 Å². The molecule has 6 heteroatoms. The van der Waals surface area contributed by atoms with E-state index in [4.69, 9.17) is 5.26 Å². The average molecular weight is 341 g/mol. The van der Waals surface area contributed by atoms with Gasteiger partial charge in [0.15, 0.2) is 0 Å². The third kappa shape index (κ3) is 2.60. The predicted octanol–water partition coefficient (Wildman–Crippen LogP) is 4.24. The van der Waals surface area contributed by atoms with Crippen molar-refractivity contribution in [2.24, 2.45) is 0 Å². The summed E-state index contributed by atoms with van der Waals surface area (Å²) in [7, 11) is 0. The molecule has 0 aliphatic rings. The average Bonchev–Trinajstić information content (AvgIpc) is 3.21. The molecular formula is C20H12FN5. The molecule has 0 radical (unpaired) electrons. The van der Waals surface area contributed by atoms with Gasteiger partial charge in [-0.3, -0.25) is 0 Å². The minimum Gasteiger partial charge on any atom is -0.337 e. The molecule has 0 aliphatic carbocycles. The largest absolute Gasteiger partial charge is 0.337 e. The van der Waals surface area contributed by atoms with E-state index in [9.17, 15) is 9.65 Å². The van der Waals surface area contributed by atoms with Gasteiger partial charge in [-0.15, -0.1) is 0 Å². The van der Waals surface area contributed by atoms with Crippen molar-refractivity contribution in [2.75, 3.05) is 0 Å². The van der Waals surface area contributed by atoms with E-state index in [0.29, 0.717) is 22.4 Å². The lowest BCUT2D eigenvalue weighted by Crippen LogP contribution is -1.91. The molecule has 124 valence electrons. The van der Waals surface area contributed by atoms with E-state index in [1.165, 1.54) is 12.1 Å². The molecule has 4 rings (SSSR count). The minimum absolute atomic E-state index is 0.222. The summed E-state index contributed by atoms with van der Waals surface area (Å²) < 4.78 is 15.2. The lowest BCUT2D eigenvalue weighted by atomic mass is 10.1. The normalized spacial score (nSPS) is 11.6. The Morgan fingerprint density at radius 3 is 2.88 bits per heavy atom. The number of allylic oxidation sites excluding steroid dienone is 1. The Morgan fingerprint density at radius 2 is 2.08 bits per heavy atom. The topological polar surface area (TPSA) is 81.2 Å². The van der Waals surface area contributed by atoms with Crippen LogP contribution in [0.5, 0.6) is 0 Å². The second kappa shape index (κ2) is 6.19.